The second-order valence-electron chi connectivity index (χ2n) is 5.63. The molecule has 134 valence electrons. The zero-order chi connectivity index (χ0) is 18.4. The predicted octanol–water partition coefficient (Wildman–Crippen LogP) is 4.03. The van der Waals surface area contributed by atoms with Crippen LogP contribution < -0.4 is 19.5 Å². The summed E-state index contributed by atoms with van der Waals surface area (Å²) in [5, 5.41) is 2.91. The van der Waals surface area contributed by atoms with Crippen molar-refractivity contribution in [1.29, 1.82) is 0 Å². The molecule has 0 aromatic heterocycles. The molecule has 1 amide bonds. The van der Waals surface area contributed by atoms with Gasteiger partial charge in [-0.3, -0.25) is 4.79 Å². The van der Waals surface area contributed by atoms with Gasteiger partial charge in [-0.15, -0.1) is 0 Å². The highest BCUT2D eigenvalue weighted by Gasteiger charge is 2.13. The Labute approximate surface area is 156 Å². The highest BCUT2D eigenvalue weighted by atomic mass is 79.9. The number of rotatable bonds is 7. The summed E-state index contributed by atoms with van der Waals surface area (Å²) in [6.45, 7) is 3.80. The van der Waals surface area contributed by atoms with Crippen molar-refractivity contribution in [3.8, 4) is 17.2 Å². The van der Waals surface area contributed by atoms with Crippen LogP contribution in [-0.4, -0.2) is 26.7 Å². The Morgan fingerprint density at radius 2 is 1.76 bits per heavy atom. The molecule has 0 saturated heterocycles. The van der Waals surface area contributed by atoms with Gasteiger partial charge in [-0.2, -0.15) is 0 Å². The van der Waals surface area contributed by atoms with Crippen LogP contribution in [0.1, 0.15) is 24.1 Å². The summed E-state index contributed by atoms with van der Waals surface area (Å²) < 4.78 is 16.9. The second-order valence-corrected chi connectivity index (χ2v) is 6.48. The molecule has 1 unspecified atom stereocenters. The minimum atomic E-state index is -0.206. The molecule has 0 spiro atoms. The summed E-state index contributed by atoms with van der Waals surface area (Å²) in [4.78, 5) is 12.2. The molecule has 0 bridgehead atoms. The Morgan fingerprint density at radius 3 is 2.40 bits per heavy atom. The van der Waals surface area contributed by atoms with Gasteiger partial charge < -0.3 is 19.5 Å². The molecule has 0 aliphatic rings. The number of carbonyl (C=O) groups is 1. The molecule has 0 radical (unpaired) electrons. The predicted molar refractivity (Wildman–Crippen MR) is 100 cm³/mol. The van der Waals surface area contributed by atoms with Crippen LogP contribution in [0.15, 0.2) is 40.9 Å². The summed E-state index contributed by atoms with van der Waals surface area (Å²) in [6, 6.07) is 11.1. The first-order valence-electron chi connectivity index (χ1n) is 7.84. The summed E-state index contributed by atoms with van der Waals surface area (Å²) in [5.41, 5.74) is 2.03. The van der Waals surface area contributed by atoms with Crippen molar-refractivity contribution in [1.82, 2.24) is 5.32 Å². The third kappa shape index (κ3) is 5.13. The fourth-order valence-corrected chi connectivity index (χ4v) is 2.91. The van der Waals surface area contributed by atoms with Gasteiger partial charge in [0, 0.05) is 0 Å². The fourth-order valence-electron chi connectivity index (χ4n) is 2.36. The smallest absolute Gasteiger partial charge is 0.258 e. The van der Waals surface area contributed by atoms with Gasteiger partial charge in [0.05, 0.1) is 24.7 Å². The molecule has 1 N–H and O–H groups in total. The van der Waals surface area contributed by atoms with Crippen molar-refractivity contribution in [2.24, 2.45) is 0 Å². The Hall–Kier alpha value is -2.21. The maximum Gasteiger partial charge on any atom is 0.258 e. The van der Waals surface area contributed by atoms with E-state index in [1.165, 1.54) is 0 Å². The lowest BCUT2D eigenvalue weighted by molar-refractivity contribution is -0.123. The molecule has 2 aromatic carbocycles. The van der Waals surface area contributed by atoms with E-state index in [1.807, 2.05) is 44.2 Å². The number of amides is 1. The number of carbonyl (C=O) groups excluding carboxylic acids is 1. The van der Waals surface area contributed by atoms with Gasteiger partial charge in [0.1, 0.15) is 5.75 Å². The number of hydrogen-bond acceptors (Lipinski definition) is 4. The van der Waals surface area contributed by atoms with Crippen molar-refractivity contribution in [2.45, 2.75) is 19.9 Å². The number of aryl methyl sites for hydroxylation is 1. The van der Waals surface area contributed by atoms with E-state index in [9.17, 15) is 4.79 Å². The van der Waals surface area contributed by atoms with Crippen LogP contribution in [-0.2, 0) is 4.79 Å². The maximum atomic E-state index is 12.2. The maximum absolute atomic E-state index is 12.2. The standard InChI is InChI=1S/C19H22BrNO4/c1-12-5-7-17(18(9-12)24-4)25-11-19(22)21-13(2)14-6-8-16(23-3)15(20)10-14/h5-10,13H,11H2,1-4H3,(H,21,22). The van der Waals surface area contributed by atoms with Crippen molar-refractivity contribution >= 4 is 21.8 Å². The number of ether oxygens (including phenoxy) is 3. The van der Waals surface area contributed by atoms with E-state index in [1.54, 1.807) is 20.3 Å². The zero-order valence-electron chi connectivity index (χ0n) is 14.8. The highest BCUT2D eigenvalue weighted by Crippen LogP contribution is 2.29. The molecule has 25 heavy (non-hydrogen) atoms. The molecule has 2 rings (SSSR count). The first kappa shape index (κ1) is 19.1. The van der Waals surface area contributed by atoms with E-state index in [0.717, 1.165) is 21.3 Å². The van der Waals surface area contributed by atoms with E-state index >= 15 is 0 Å². The van der Waals surface area contributed by atoms with Crippen LogP contribution in [0.4, 0.5) is 0 Å². The number of hydrogen-bond donors (Lipinski definition) is 1. The first-order valence-corrected chi connectivity index (χ1v) is 8.64. The summed E-state index contributed by atoms with van der Waals surface area (Å²) >= 11 is 3.45. The minimum absolute atomic E-state index is 0.0823. The van der Waals surface area contributed by atoms with Crippen molar-refractivity contribution in [2.75, 3.05) is 20.8 Å². The van der Waals surface area contributed by atoms with Gasteiger partial charge in [0.25, 0.3) is 5.91 Å². The topological polar surface area (TPSA) is 56.8 Å². The molecular weight excluding hydrogens is 386 g/mol. The van der Waals surface area contributed by atoms with Crippen LogP contribution in [0, 0.1) is 6.92 Å². The second kappa shape index (κ2) is 8.76. The number of nitrogens with one attached hydrogen (secondary N) is 1. The lowest BCUT2D eigenvalue weighted by Gasteiger charge is -2.16. The Kier molecular flexibility index (Phi) is 6.70. The van der Waals surface area contributed by atoms with Crippen molar-refractivity contribution in [3.05, 3.63) is 52.0 Å². The fraction of sp³-hybridized carbons (Fsp3) is 0.316. The molecule has 5 nitrogen and oxygen atoms in total. The van der Waals surface area contributed by atoms with Gasteiger partial charge in [-0.05, 0) is 65.2 Å². The molecular formula is C19H22BrNO4. The zero-order valence-corrected chi connectivity index (χ0v) is 16.3. The largest absolute Gasteiger partial charge is 0.496 e. The number of halogens is 1. The quantitative estimate of drug-likeness (QED) is 0.752. The summed E-state index contributed by atoms with van der Waals surface area (Å²) in [5.74, 6) is 1.70. The molecule has 0 saturated carbocycles. The molecule has 0 fully saturated rings. The molecule has 6 heteroatoms. The van der Waals surface area contributed by atoms with Crippen LogP contribution >= 0.6 is 15.9 Å². The minimum Gasteiger partial charge on any atom is -0.496 e. The number of methoxy groups -OCH3 is 2. The molecule has 1 atom stereocenters. The van der Waals surface area contributed by atoms with E-state index < -0.39 is 0 Å². The number of benzene rings is 2. The highest BCUT2D eigenvalue weighted by molar-refractivity contribution is 9.10. The van der Waals surface area contributed by atoms with Crippen molar-refractivity contribution in [3.63, 3.8) is 0 Å². The third-order valence-corrected chi connectivity index (χ3v) is 4.35. The van der Waals surface area contributed by atoms with E-state index in [4.69, 9.17) is 14.2 Å². The van der Waals surface area contributed by atoms with Gasteiger partial charge >= 0.3 is 0 Å². The van der Waals surface area contributed by atoms with Crippen LogP contribution in [0.2, 0.25) is 0 Å². The Bertz CT molecular complexity index is 748. The molecule has 0 heterocycles. The van der Waals surface area contributed by atoms with Gasteiger partial charge in [0.15, 0.2) is 18.1 Å². The van der Waals surface area contributed by atoms with E-state index in [-0.39, 0.29) is 18.6 Å². The normalized spacial score (nSPS) is 11.6. The SMILES string of the molecule is COc1ccc(C(C)NC(=O)COc2ccc(C)cc2OC)cc1Br. The van der Waals surface area contributed by atoms with Crippen LogP contribution in [0.3, 0.4) is 0 Å². The molecule has 0 aliphatic heterocycles. The van der Waals surface area contributed by atoms with Crippen LogP contribution in [0.25, 0.3) is 0 Å². The Morgan fingerprint density at radius 1 is 1.08 bits per heavy atom. The van der Waals surface area contributed by atoms with E-state index in [0.29, 0.717) is 11.5 Å². The van der Waals surface area contributed by atoms with Gasteiger partial charge in [-0.1, -0.05) is 12.1 Å². The summed E-state index contributed by atoms with van der Waals surface area (Å²) in [7, 11) is 3.19. The average molecular weight is 408 g/mol. The van der Waals surface area contributed by atoms with Crippen LogP contribution in [0.5, 0.6) is 17.2 Å². The average Bonchev–Trinajstić information content (AvgIpc) is 2.60. The molecule has 0 aliphatic carbocycles. The monoisotopic (exact) mass is 407 g/mol. The van der Waals surface area contributed by atoms with Crippen molar-refractivity contribution < 1.29 is 19.0 Å². The lowest BCUT2D eigenvalue weighted by atomic mass is 10.1. The Balaban J connectivity index is 1.95. The van der Waals surface area contributed by atoms with Gasteiger partial charge in [-0.25, -0.2) is 0 Å². The first-order chi connectivity index (χ1) is 11.9. The lowest BCUT2D eigenvalue weighted by Crippen LogP contribution is -2.31. The third-order valence-electron chi connectivity index (χ3n) is 3.73. The summed E-state index contributed by atoms with van der Waals surface area (Å²) in [6.07, 6.45) is 0. The van der Waals surface area contributed by atoms with E-state index in [2.05, 4.69) is 21.2 Å². The molecule has 2 aromatic rings. The van der Waals surface area contributed by atoms with Gasteiger partial charge in [0.2, 0.25) is 0 Å².